The van der Waals surface area contributed by atoms with Gasteiger partial charge in [-0.05, 0) is 73.7 Å². The van der Waals surface area contributed by atoms with Crippen LogP contribution in [-0.4, -0.2) is 16.1 Å². The molecule has 3 nitrogen and oxygen atoms in total. The molecule has 4 rings (SSSR count). The van der Waals surface area contributed by atoms with Crippen molar-refractivity contribution in [1.29, 1.82) is 0 Å². The molecule has 30 heavy (non-hydrogen) atoms. The van der Waals surface area contributed by atoms with Crippen LogP contribution in [-0.2, 0) is 0 Å². The van der Waals surface area contributed by atoms with Crippen LogP contribution in [0.4, 0.5) is 4.39 Å². The Morgan fingerprint density at radius 1 is 0.867 bits per heavy atom. The third-order valence-electron chi connectivity index (χ3n) is 5.53. The molecule has 4 aromatic rings. The molecule has 3 aromatic carbocycles. The van der Waals surface area contributed by atoms with Gasteiger partial charge in [-0.3, -0.25) is 0 Å². The summed E-state index contributed by atoms with van der Waals surface area (Å²) < 4.78 is 13.7. The zero-order valence-corrected chi connectivity index (χ0v) is 17.4. The molecule has 0 aliphatic rings. The Hall–Kier alpha value is -3.53. The van der Waals surface area contributed by atoms with Crippen LogP contribution >= 0.6 is 0 Å². The Labute approximate surface area is 174 Å². The number of rotatable bonds is 3. The highest BCUT2D eigenvalue weighted by atomic mass is 19.1. The number of carboxylic acid groups (broad SMARTS) is 1. The minimum Gasteiger partial charge on any atom is -0.478 e. The molecule has 0 spiro atoms. The summed E-state index contributed by atoms with van der Waals surface area (Å²) in [5, 5.41) is 10.1. The first-order valence-corrected chi connectivity index (χ1v) is 9.78. The predicted molar refractivity (Wildman–Crippen MR) is 118 cm³/mol. The van der Waals surface area contributed by atoms with E-state index >= 15 is 0 Å². The fourth-order valence-corrected chi connectivity index (χ4v) is 4.32. The van der Waals surface area contributed by atoms with Crippen molar-refractivity contribution in [3.8, 4) is 22.4 Å². The molecule has 1 heterocycles. The number of aromatic nitrogens is 1. The number of carbonyl (C=O) groups is 1. The van der Waals surface area contributed by atoms with Gasteiger partial charge in [0.15, 0.2) is 0 Å². The Morgan fingerprint density at radius 3 is 2.07 bits per heavy atom. The summed E-state index contributed by atoms with van der Waals surface area (Å²) in [6.45, 7) is 8.03. The largest absolute Gasteiger partial charge is 0.478 e. The van der Waals surface area contributed by atoms with Gasteiger partial charge in [-0.1, -0.05) is 42.0 Å². The standard InChI is InChI=1S/C26H22FNO2/c1-14-11-15(2)23(16(3)12-14)18-5-7-19(8-6-18)25-17(4)24(26(29)30)21-13-20(27)9-10-22(21)28-25/h5-13H,1-4H3,(H,29,30). The summed E-state index contributed by atoms with van der Waals surface area (Å²) >= 11 is 0. The number of carboxylic acids is 1. The summed E-state index contributed by atoms with van der Waals surface area (Å²) in [7, 11) is 0. The van der Waals surface area contributed by atoms with Gasteiger partial charge in [-0.25, -0.2) is 14.2 Å². The topological polar surface area (TPSA) is 50.2 Å². The predicted octanol–water partition coefficient (Wildman–Crippen LogP) is 6.64. The van der Waals surface area contributed by atoms with E-state index < -0.39 is 11.8 Å². The third kappa shape index (κ3) is 3.35. The van der Waals surface area contributed by atoms with Crippen LogP contribution < -0.4 is 0 Å². The molecule has 0 aliphatic heterocycles. The van der Waals surface area contributed by atoms with Crippen molar-refractivity contribution in [2.24, 2.45) is 0 Å². The van der Waals surface area contributed by atoms with Crippen molar-refractivity contribution < 1.29 is 14.3 Å². The first kappa shape index (κ1) is 19.8. The maximum absolute atomic E-state index is 13.7. The molecule has 0 atom stereocenters. The van der Waals surface area contributed by atoms with Crippen LogP contribution in [0.2, 0.25) is 0 Å². The molecule has 4 heteroatoms. The summed E-state index contributed by atoms with van der Waals surface area (Å²) in [4.78, 5) is 16.6. The number of aryl methyl sites for hydroxylation is 3. The van der Waals surface area contributed by atoms with E-state index in [4.69, 9.17) is 0 Å². The highest BCUT2D eigenvalue weighted by Gasteiger charge is 2.19. The van der Waals surface area contributed by atoms with Gasteiger partial charge in [0.25, 0.3) is 0 Å². The van der Waals surface area contributed by atoms with Crippen LogP contribution in [0.1, 0.15) is 32.6 Å². The van der Waals surface area contributed by atoms with Crippen LogP contribution in [0.5, 0.6) is 0 Å². The molecule has 0 saturated carbocycles. The van der Waals surface area contributed by atoms with E-state index in [1.165, 1.54) is 40.5 Å². The van der Waals surface area contributed by atoms with Crippen molar-refractivity contribution in [2.45, 2.75) is 27.7 Å². The molecule has 0 aliphatic carbocycles. The Kier molecular flexibility index (Phi) is 4.86. The SMILES string of the molecule is Cc1cc(C)c(-c2ccc(-c3nc4ccc(F)cc4c(C(=O)O)c3C)cc2)c(C)c1. The van der Waals surface area contributed by atoms with E-state index in [0.717, 1.165) is 11.1 Å². The van der Waals surface area contributed by atoms with Crippen molar-refractivity contribution in [3.63, 3.8) is 0 Å². The van der Waals surface area contributed by atoms with E-state index in [1.807, 2.05) is 24.3 Å². The van der Waals surface area contributed by atoms with Gasteiger partial charge in [0, 0.05) is 10.9 Å². The fraction of sp³-hybridized carbons (Fsp3) is 0.154. The number of nitrogens with zero attached hydrogens (tertiary/aromatic N) is 1. The fourth-order valence-electron chi connectivity index (χ4n) is 4.32. The summed E-state index contributed by atoms with van der Waals surface area (Å²) in [5.74, 6) is -1.57. The second-order valence-corrected chi connectivity index (χ2v) is 7.78. The smallest absolute Gasteiger partial charge is 0.336 e. The van der Waals surface area contributed by atoms with Crippen LogP contribution in [0.25, 0.3) is 33.3 Å². The number of benzene rings is 3. The second-order valence-electron chi connectivity index (χ2n) is 7.78. The summed E-state index contributed by atoms with van der Waals surface area (Å²) in [6.07, 6.45) is 0. The Morgan fingerprint density at radius 2 is 1.47 bits per heavy atom. The molecule has 1 aromatic heterocycles. The number of aromatic carboxylic acids is 1. The van der Waals surface area contributed by atoms with Crippen molar-refractivity contribution in [1.82, 2.24) is 4.98 Å². The molecule has 1 N–H and O–H groups in total. The lowest BCUT2D eigenvalue weighted by atomic mass is 9.92. The molecule has 0 saturated heterocycles. The lowest BCUT2D eigenvalue weighted by molar-refractivity contribution is 0.0698. The van der Waals surface area contributed by atoms with Crippen molar-refractivity contribution >= 4 is 16.9 Å². The summed E-state index contributed by atoms with van der Waals surface area (Å²) in [5.41, 5.74) is 8.47. The normalized spacial score (nSPS) is 11.1. The average molecular weight is 399 g/mol. The molecule has 0 amide bonds. The number of fused-ring (bicyclic) bond motifs is 1. The zero-order chi connectivity index (χ0) is 21.6. The number of pyridine rings is 1. The minimum absolute atomic E-state index is 0.0869. The van der Waals surface area contributed by atoms with Crippen molar-refractivity contribution in [3.05, 3.63) is 88.2 Å². The van der Waals surface area contributed by atoms with Gasteiger partial charge >= 0.3 is 5.97 Å². The maximum atomic E-state index is 13.7. The Bertz CT molecular complexity index is 1280. The van der Waals surface area contributed by atoms with E-state index in [9.17, 15) is 14.3 Å². The van der Waals surface area contributed by atoms with Gasteiger partial charge in [0.05, 0.1) is 16.8 Å². The van der Waals surface area contributed by atoms with Gasteiger partial charge in [0.2, 0.25) is 0 Å². The number of hydrogen-bond acceptors (Lipinski definition) is 2. The second kappa shape index (κ2) is 7.38. The molecule has 0 radical (unpaired) electrons. The molecular weight excluding hydrogens is 377 g/mol. The van der Waals surface area contributed by atoms with Crippen LogP contribution in [0, 0.1) is 33.5 Å². The maximum Gasteiger partial charge on any atom is 0.336 e. The van der Waals surface area contributed by atoms with E-state index in [2.05, 4.69) is 37.9 Å². The quantitative estimate of drug-likeness (QED) is 0.420. The number of hydrogen-bond donors (Lipinski definition) is 1. The molecule has 0 fully saturated rings. The Balaban J connectivity index is 1.87. The van der Waals surface area contributed by atoms with Gasteiger partial charge in [0.1, 0.15) is 5.82 Å². The van der Waals surface area contributed by atoms with Gasteiger partial charge in [-0.2, -0.15) is 0 Å². The van der Waals surface area contributed by atoms with Crippen molar-refractivity contribution in [2.75, 3.05) is 0 Å². The average Bonchev–Trinajstić information content (AvgIpc) is 2.67. The minimum atomic E-state index is -1.09. The van der Waals surface area contributed by atoms with E-state index in [1.54, 1.807) is 6.92 Å². The summed E-state index contributed by atoms with van der Waals surface area (Å²) in [6, 6.07) is 16.4. The molecular formula is C26H22FNO2. The van der Waals surface area contributed by atoms with Gasteiger partial charge in [-0.15, -0.1) is 0 Å². The molecule has 0 unspecified atom stereocenters. The lowest BCUT2D eigenvalue weighted by Gasteiger charge is -2.14. The first-order valence-electron chi connectivity index (χ1n) is 9.78. The van der Waals surface area contributed by atoms with Crippen LogP contribution in [0.3, 0.4) is 0 Å². The van der Waals surface area contributed by atoms with E-state index in [0.29, 0.717) is 22.2 Å². The van der Waals surface area contributed by atoms with Gasteiger partial charge < -0.3 is 5.11 Å². The monoisotopic (exact) mass is 399 g/mol. The lowest BCUT2D eigenvalue weighted by Crippen LogP contribution is -2.05. The first-order chi connectivity index (χ1) is 14.3. The molecule has 150 valence electrons. The third-order valence-corrected chi connectivity index (χ3v) is 5.53. The molecule has 0 bridgehead atoms. The van der Waals surface area contributed by atoms with E-state index in [-0.39, 0.29) is 5.56 Å². The van der Waals surface area contributed by atoms with Crippen LogP contribution in [0.15, 0.2) is 54.6 Å². The zero-order valence-electron chi connectivity index (χ0n) is 17.4. The highest BCUT2D eigenvalue weighted by Crippen LogP contribution is 2.33. The number of halogens is 1. The highest BCUT2D eigenvalue weighted by molar-refractivity contribution is 6.05.